The number of H-pyrrole nitrogens is 1. The number of hydrogen-bond donors (Lipinski definition) is 3. The summed E-state index contributed by atoms with van der Waals surface area (Å²) in [7, 11) is 0. The summed E-state index contributed by atoms with van der Waals surface area (Å²) < 4.78 is 11.7. The van der Waals surface area contributed by atoms with Gasteiger partial charge in [0.25, 0.3) is 0 Å². The zero-order valence-corrected chi connectivity index (χ0v) is 25.2. The Kier molecular flexibility index (Phi) is 8.45. The lowest BCUT2D eigenvalue weighted by atomic mass is 9.84. The monoisotopic (exact) mass is 591 g/mol. The summed E-state index contributed by atoms with van der Waals surface area (Å²) >= 11 is 0. The maximum absolute atomic E-state index is 13.3. The molecule has 0 spiro atoms. The normalized spacial score (nSPS) is 16.6. The van der Waals surface area contributed by atoms with E-state index in [0.717, 1.165) is 58.2 Å². The van der Waals surface area contributed by atoms with Crippen LogP contribution in [0.15, 0.2) is 77.3 Å². The van der Waals surface area contributed by atoms with Crippen LogP contribution in [0.25, 0.3) is 33.8 Å². The minimum atomic E-state index is -0.507. The van der Waals surface area contributed by atoms with Crippen molar-refractivity contribution in [3.05, 3.63) is 89.6 Å². The van der Waals surface area contributed by atoms with E-state index in [4.69, 9.17) is 14.1 Å². The molecule has 0 bridgehead atoms. The Morgan fingerprint density at radius 3 is 2.57 bits per heavy atom. The highest BCUT2D eigenvalue weighted by atomic mass is 16.5. The fourth-order valence-electron chi connectivity index (χ4n) is 5.88. The van der Waals surface area contributed by atoms with Crippen molar-refractivity contribution in [1.29, 1.82) is 0 Å². The molecule has 1 aliphatic carbocycles. The zero-order valence-electron chi connectivity index (χ0n) is 25.2. The lowest BCUT2D eigenvalue weighted by molar-refractivity contribution is -0.121. The quantitative estimate of drug-likeness (QED) is 0.170. The molecule has 0 aliphatic heterocycles. The van der Waals surface area contributed by atoms with E-state index in [0.29, 0.717) is 29.6 Å². The van der Waals surface area contributed by atoms with E-state index in [2.05, 4.69) is 46.8 Å². The van der Waals surface area contributed by atoms with Gasteiger partial charge in [0.1, 0.15) is 17.8 Å². The average Bonchev–Trinajstić information content (AvgIpc) is 3.70. The predicted molar refractivity (Wildman–Crippen MR) is 170 cm³/mol. The summed E-state index contributed by atoms with van der Waals surface area (Å²) in [6, 6.07) is 21.0. The molecular weight excluding hydrogens is 554 g/mol. The first-order valence-corrected chi connectivity index (χ1v) is 15.2. The number of carbonyl (C=O) groups is 2. The van der Waals surface area contributed by atoms with E-state index in [1.54, 1.807) is 6.20 Å². The molecule has 6 rings (SSSR count). The molecule has 2 aromatic heterocycles. The summed E-state index contributed by atoms with van der Waals surface area (Å²) in [5.74, 6) is 0.354. The molecule has 1 saturated carbocycles. The number of nitrogens with one attached hydrogen (secondary N) is 3. The fraction of sp³-hybridized carbons (Fsp3) is 0.314. The summed E-state index contributed by atoms with van der Waals surface area (Å²) in [6.45, 7) is 6.50. The van der Waals surface area contributed by atoms with Crippen LogP contribution in [-0.4, -0.2) is 33.2 Å². The summed E-state index contributed by atoms with van der Waals surface area (Å²) in [5, 5.41) is 13.4. The molecule has 1 aliphatic rings. The van der Waals surface area contributed by atoms with Gasteiger partial charge in [0.15, 0.2) is 5.58 Å². The first-order chi connectivity index (χ1) is 21.4. The highest BCUT2D eigenvalue weighted by molar-refractivity contribution is 5.94. The minimum Gasteiger partial charge on any atom is -0.445 e. The summed E-state index contributed by atoms with van der Waals surface area (Å²) in [4.78, 5) is 30.7. The van der Waals surface area contributed by atoms with Gasteiger partial charge in [0.05, 0.1) is 11.5 Å². The van der Waals surface area contributed by atoms with Gasteiger partial charge in [0, 0.05) is 23.5 Å². The van der Waals surface area contributed by atoms with Gasteiger partial charge < -0.3 is 19.8 Å². The molecule has 2 atom stereocenters. The molecule has 9 nitrogen and oxygen atoms in total. The van der Waals surface area contributed by atoms with Crippen LogP contribution in [0.2, 0.25) is 0 Å². The summed E-state index contributed by atoms with van der Waals surface area (Å²) in [5.41, 5.74) is 7.77. The van der Waals surface area contributed by atoms with Gasteiger partial charge in [-0.2, -0.15) is 5.10 Å². The van der Waals surface area contributed by atoms with Crippen molar-refractivity contribution >= 4 is 28.8 Å². The molecular formula is C35H37N5O4. The molecule has 0 saturated heterocycles. The molecule has 3 N–H and O–H groups in total. The average molecular weight is 592 g/mol. The van der Waals surface area contributed by atoms with Crippen LogP contribution in [-0.2, 0) is 16.1 Å². The molecule has 44 heavy (non-hydrogen) atoms. The Bertz CT molecular complexity index is 1760. The van der Waals surface area contributed by atoms with E-state index in [1.165, 1.54) is 0 Å². The van der Waals surface area contributed by atoms with E-state index in [1.807, 2.05) is 61.5 Å². The summed E-state index contributed by atoms with van der Waals surface area (Å²) in [6.07, 6.45) is 4.60. The third-order valence-electron chi connectivity index (χ3n) is 8.31. The number of oxazole rings is 1. The van der Waals surface area contributed by atoms with Crippen LogP contribution in [0.1, 0.15) is 62.1 Å². The van der Waals surface area contributed by atoms with Crippen LogP contribution in [0.5, 0.6) is 0 Å². The molecule has 3 aromatic carbocycles. The number of hydrogen-bond acceptors (Lipinski definition) is 6. The Balaban J connectivity index is 1.13. The number of rotatable bonds is 8. The first-order valence-electron chi connectivity index (χ1n) is 15.2. The number of nitrogens with zero attached hydrogens (tertiary/aromatic N) is 2. The van der Waals surface area contributed by atoms with Crippen LogP contribution < -0.4 is 10.6 Å². The van der Waals surface area contributed by atoms with Crippen LogP contribution in [0.3, 0.4) is 0 Å². The van der Waals surface area contributed by atoms with E-state index >= 15 is 0 Å². The third-order valence-corrected chi connectivity index (χ3v) is 8.31. The second-order valence-corrected chi connectivity index (χ2v) is 11.7. The molecule has 2 unspecified atom stereocenters. The molecule has 226 valence electrons. The molecule has 5 aromatic rings. The fourth-order valence-corrected chi connectivity index (χ4v) is 5.88. The zero-order chi connectivity index (χ0) is 30.6. The van der Waals surface area contributed by atoms with Gasteiger partial charge in [-0.25, -0.2) is 9.78 Å². The van der Waals surface area contributed by atoms with E-state index < -0.39 is 6.09 Å². The van der Waals surface area contributed by atoms with Crippen molar-refractivity contribution in [1.82, 2.24) is 20.5 Å². The largest absolute Gasteiger partial charge is 0.445 e. The van der Waals surface area contributed by atoms with Gasteiger partial charge in [0.2, 0.25) is 11.8 Å². The highest BCUT2D eigenvalue weighted by Crippen LogP contribution is 2.36. The van der Waals surface area contributed by atoms with Crippen LogP contribution >= 0.6 is 0 Å². The Hall–Kier alpha value is -4.92. The van der Waals surface area contributed by atoms with Crippen molar-refractivity contribution in [3.8, 4) is 22.7 Å². The SMILES string of the molecule is Cc1ccc(C(C)C)c2oc(-c3c[nH]nc3-c3ccc(NC(=O)C4CCCCC4NC(=O)OCc4ccccc4)cc3)nc12. The smallest absolute Gasteiger partial charge is 0.407 e. The van der Waals surface area contributed by atoms with Crippen molar-refractivity contribution in [2.24, 2.45) is 5.92 Å². The third kappa shape index (κ3) is 6.22. The second kappa shape index (κ2) is 12.8. The van der Waals surface area contributed by atoms with E-state index in [9.17, 15) is 9.59 Å². The van der Waals surface area contributed by atoms with Gasteiger partial charge in [-0.15, -0.1) is 0 Å². The standard InChI is InChI=1S/C35H37N5O4/c1-21(2)26-18-13-22(3)30-32(26)44-34(39-30)28-19-36-40-31(28)24-14-16-25(17-15-24)37-33(41)27-11-7-8-12-29(27)38-35(42)43-20-23-9-5-4-6-10-23/h4-6,9-10,13-19,21,27,29H,7-8,11-12,20H2,1-3H3,(H,36,40)(H,37,41)(H,38,42). The number of aromatic amines is 1. The molecule has 9 heteroatoms. The number of aromatic nitrogens is 3. The van der Waals surface area contributed by atoms with Crippen molar-refractivity contribution in [3.63, 3.8) is 0 Å². The lowest BCUT2D eigenvalue weighted by Crippen LogP contribution is -2.46. The van der Waals surface area contributed by atoms with Crippen LogP contribution in [0, 0.1) is 12.8 Å². The number of carbonyl (C=O) groups excluding carboxylic acids is 2. The lowest BCUT2D eigenvalue weighted by Gasteiger charge is -2.31. The van der Waals surface area contributed by atoms with Crippen molar-refractivity contribution in [2.45, 2.75) is 65.0 Å². The number of anilines is 1. The van der Waals surface area contributed by atoms with Crippen molar-refractivity contribution < 1.29 is 18.7 Å². The first kappa shape index (κ1) is 29.2. The second-order valence-electron chi connectivity index (χ2n) is 11.7. The van der Waals surface area contributed by atoms with Gasteiger partial charge >= 0.3 is 6.09 Å². The Morgan fingerprint density at radius 2 is 1.80 bits per heavy atom. The maximum atomic E-state index is 13.3. The topological polar surface area (TPSA) is 122 Å². The molecule has 0 radical (unpaired) electrons. The van der Waals surface area contributed by atoms with Gasteiger partial charge in [-0.05, 0) is 54.5 Å². The molecule has 2 heterocycles. The number of benzene rings is 3. The van der Waals surface area contributed by atoms with Crippen LogP contribution in [0.4, 0.5) is 10.5 Å². The molecule has 1 fully saturated rings. The molecule has 2 amide bonds. The number of ether oxygens (including phenoxy) is 1. The Labute approximate surface area is 256 Å². The Morgan fingerprint density at radius 1 is 1.02 bits per heavy atom. The van der Waals surface area contributed by atoms with Gasteiger partial charge in [-0.3, -0.25) is 9.89 Å². The number of amides is 2. The highest BCUT2D eigenvalue weighted by Gasteiger charge is 2.32. The number of alkyl carbamates (subject to hydrolysis) is 1. The maximum Gasteiger partial charge on any atom is 0.407 e. The van der Waals surface area contributed by atoms with E-state index in [-0.39, 0.29) is 24.5 Å². The minimum absolute atomic E-state index is 0.117. The predicted octanol–water partition coefficient (Wildman–Crippen LogP) is 7.74. The number of fused-ring (bicyclic) bond motifs is 1. The van der Waals surface area contributed by atoms with Gasteiger partial charge in [-0.1, -0.05) is 81.3 Å². The number of aryl methyl sites for hydroxylation is 1. The van der Waals surface area contributed by atoms with Crippen molar-refractivity contribution in [2.75, 3.05) is 5.32 Å².